The molecule has 0 radical (unpaired) electrons. The van der Waals surface area contributed by atoms with Crippen LogP contribution in [0.1, 0.15) is 11.1 Å². The molecule has 2 rings (SSSR count). The Balaban J connectivity index is 2.15. The number of benzene rings is 1. The zero-order valence-corrected chi connectivity index (χ0v) is 11.8. The number of hydrazine groups is 1. The number of nitrogens with zero attached hydrogens (tertiary/aromatic N) is 5. The Bertz CT molecular complexity index is 661. The number of rotatable bonds is 5. The molecule has 0 fully saturated rings. The van der Waals surface area contributed by atoms with Gasteiger partial charge in [-0.15, -0.1) is 0 Å². The second kappa shape index (κ2) is 6.49. The molecule has 8 heteroatoms. The van der Waals surface area contributed by atoms with Crippen LogP contribution in [0.2, 0.25) is 0 Å². The third-order valence-corrected chi connectivity index (χ3v) is 2.66. The maximum atomic E-state index is 8.88. The summed E-state index contributed by atoms with van der Waals surface area (Å²) in [5.74, 6) is 6.53. The summed E-state index contributed by atoms with van der Waals surface area (Å²) in [7, 11) is 3.66. The molecule has 0 bridgehead atoms. The zero-order valence-electron chi connectivity index (χ0n) is 11.8. The Hall–Kier alpha value is -2.92. The molecule has 0 aliphatic carbocycles. The van der Waals surface area contributed by atoms with Gasteiger partial charge in [-0.2, -0.15) is 20.2 Å². The zero-order chi connectivity index (χ0) is 15.2. The van der Waals surface area contributed by atoms with Gasteiger partial charge in [0, 0.05) is 20.6 Å². The summed E-state index contributed by atoms with van der Waals surface area (Å²) in [6, 6.07) is 9.43. The molecular weight excluding hydrogens is 268 g/mol. The molecule has 2 aromatic rings. The highest BCUT2D eigenvalue weighted by Gasteiger charge is 2.07. The summed E-state index contributed by atoms with van der Waals surface area (Å²) in [5.41, 5.74) is 3.98. The third kappa shape index (κ3) is 3.77. The van der Waals surface area contributed by atoms with E-state index in [4.69, 9.17) is 11.1 Å². The van der Waals surface area contributed by atoms with E-state index in [9.17, 15) is 0 Å². The van der Waals surface area contributed by atoms with Crippen molar-refractivity contribution in [2.24, 2.45) is 5.84 Å². The first kappa shape index (κ1) is 14.5. The van der Waals surface area contributed by atoms with Gasteiger partial charge in [0.2, 0.25) is 17.8 Å². The quantitative estimate of drug-likeness (QED) is 0.543. The molecule has 21 heavy (non-hydrogen) atoms. The number of nitrogen functional groups attached to an aromatic ring is 1. The van der Waals surface area contributed by atoms with Crippen molar-refractivity contribution in [2.45, 2.75) is 6.54 Å². The molecule has 1 aromatic carbocycles. The third-order valence-electron chi connectivity index (χ3n) is 2.66. The van der Waals surface area contributed by atoms with E-state index in [0.717, 1.165) is 5.56 Å². The summed E-state index contributed by atoms with van der Waals surface area (Å²) in [5, 5.41) is 12.0. The van der Waals surface area contributed by atoms with Gasteiger partial charge in [-0.25, -0.2) is 5.84 Å². The summed E-state index contributed by atoms with van der Waals surface area (Å²) in [4.78, 5) is 14.3. The molecule has 0 amide bonds. The first-order chi connectivity index (χ1) is 10.1. The van der Waals surface area contributed by atoms with Crippen molar-refractivity contribution in [2.75, 3.05) is 29.7 Å². The van der Waals surface area contributed by atoms with Gasteiger partial charge in [-0.05, 0) is 17.7 Å². The maximum absolute atomic E-state index is 8.88. The number of nitrogens with two attached hydrogens (primary N) is 1. The maximum Gasteiger partial charge on any atom is 0.243 e. The molecule has 1 heterocycles. The molecule has 1 aromatic heterocycles. The molecule has 4 N–H and O–H groups in total. The van der Waals surface area contributed by atoms with Crippen molar-refractivity contribution in [1.29, 1.82) is 5.26 Å². The molecule has 0 atom stereocenters. The van der Waals surface area contributed by atoms with E-state index >= 15 is 0 Å². The fourth-order valence-corrected chi connectivity index (χ4v) is 1.64. The van der Waals surface area contributed by atoms with Crippen molar-refractivity contribution in [3.8, 4) is 6.07 Å². The lowest BCUT2D eigenvalue weighted by Gasteiger charge is -2.13. The summed E-state index contributed by atoms with van der Waals surface area (Å²) >= 11 is 0. The van der Waals surface area contributed by atoms with Crippen molar-refractivity contribution < 1.29 is 0 Å². The van der Waals surface area contributed by atoms with Crippen molar-refractivity contribution in [3.63, 3.8) is 0 Å². The minimum atomic E-state index is 0.280. The minimum absolute atomic E-state index is 0.280. The fraction of sp³-hybridized carbons (Fsp3) is 0.231. The molecule has 0 unspecified atom stereocenters. The normalized spacial score (nSPS) is 9.81. The monoisotopic (exact) mass is 284 g/mol. The topological polar surface area (TPSA) is 116 Å². The second-order valence-corrected chi connectivity index (χ2v) is 4.49. The van der Waals surface area contributed by atoms with E-state index in [0.29, 0.717) is 24.0 Å². The molecule has 0 saturated heterocycles. The SMILES string of the molecule is CN(C)c1nc(NN)nc(NCc2cccc(C#N)c2)n1. The summed E-state index contributed by atoms with van der Waals surface area (Å²) < 4.78 is 0. The number of nitriles is 1. The largest absolute Gasteiger partial charge is 0.350 e. The fourth-order valence-electron chi connectivity index (χ4n) is 1.64. The Morgan fingerprint density at radius 3 is 2.67 bits per heavy atom. The van der Waals surface area contributed by atoms with Crippen LogP contribution in [0.25, 0.3) is 0 Å². The molecule has 8 nitrogen and oxygen atoms in total. The smallest absolute Gasteiger partial charge is 0.243 e. The van der Waals surface area contributed by atoms with E-state index in [1.165, 1.54) is 0 Å². The summed E-state index contributed by atoms with van der Waals surface area (Å²) in [6.45, 7) is 0.496. The van der Waals surface area contributed by atoms with E-state index in [-0.39, 0.29) is 5.95 Å². The minimum Gasteiger partial charge on any atom is -0.350 e. The average molecular weight is 284 g/mol. The highest BCUT2D eigenvalue weighted by Crippen LogP contribution is 2.12. The van der Waals surface area contributed by atoms with Crippen LogP contribution < -0.4 is 21.5 Å². The van der Waals surface area contributed by atoms with E-state index in [1.807, 2.05) is 32.3 Å². The standard InChI is InChI=1S/C13H16N8/c1-21(2)13-18-11(17-12(19-13)20-15)16-8-10-5-3-4-9(6-10)7-14/h3-6H,8,15H2,1-2H3,(H2,16,17,18,19,20). The highest BCUT2D eigenvalue weighted by molar-refractivity contribution is 5.43. The van der Waals surface area contributed by atoms with E-state index < -0.39 is 0 Å². The van der Waals surface area contributed by atoms with Crippen LogP contribution in [0, 0.1) is 11.3 Å². The highest BCUT2D eigenvalue weighted by atomic mass is 15.4. The van der Waals surface area contributed by atoms with Crippen LogP contribution in [0.5, 0.6) is 0 Å². The average Bonchev–Trinajstić information content (AvgIpc) is 2.52. The van der Waals surface area contributed by atoms with Crippen molar-refractivity contribution >= 4 is 17.8 Å². The van der Waals surface area contributed by atoms with Gasteiger partial charge in [0.15, 0.2) is 0 Å². The lowest BCUT2D eigenvalue weighted by atomic mass is 10.1. The van der Waals surface area contributed by atoms with Crippen molar-refractivity contribution in [1.82, 2.24) is 15.0 Å². The van der Waals surface area contributed by atoms with Crippen LogP contribution in [0.3, 0.4) is 0 Å². The van der Waals surface area contributed by atoms with Gasteiger partial charge >= 0.3 is 0 Å². The lowest BCUT2D eigenvalue weighted by Crippen LogP contribution is -2.19. The Kier molecular flexibility index (Phi) is 4.48. The molecular formula is C13H16N8. The second-order valence-electron chi connectivity index (χ2n) is 4.49. The molecule has 0 aliphatic rings. The van der Waals surface area contributed by atoms with Gasteiger partial charge < -0.3 is 10.2 Å². The number of hydrogen-bond donors (Lipinski definition) is 3. The lowest BCUT2D eigenvalue weighted by molar-refractivity contribution is 0.939. The number of hydrogen-bond acceptors (Lipinski definition) is 8. The number of nitrogens with one attached hydrogen (secondary N) is 2. The first-order valence-corrected chi connectivity index (χ1v) is 6.25. The van der Waals surface area contributed by atoms with Crippen LogP contribution >= 0.6 is 0 Å². The predicted octanol–water partition coefficient (Wildman–Crippen LogP) is 0.707. The molecule has 0 saturated carbocycles. The van der Waals surface area contributed by atoms with Crippen LogP contribution in [-0.4, -0.2) is 29.0 Å². The van der Waals surface area contributed by atoms with Gasteiger partial charge in [-0.3, -0.25) is 5.43 Å². The molecule has 108 valence electrons. The Labute approximate surface area is 122 Å². The van der Waals surface area contributed by atoms with Gasteiger partial charge in [0.25, 0.3) is 0 Å². The Morgan fingerprint density at radius 1 is 1.24 bits per heavy atom. The molecule has 0 spiro atoms. The Morgan fingerprint density at radius 2 is 2.00 bits per heavy atom. The predicted molar refractivity (Wildman–Crippen MR) is 80.4 cm³/mol. The van der Waals surface area contributed by atoms with Gasteiger partial charge in [0.1, 0.15) is 0 Å². The number of anilines is 3. The van der Waals surface area contributed by atoms with Crippen LogP contribution in [0.4, 0.5) is 17.8 Å². The van der Waals surface area contributed by atoms with Crippen molar-refractivity contribution in [3.05, 3.63) is 35.4 Å². The van der Waals surface area contributed by atoms with Gasteiger partial charge in [-0.1, -0.05) is 12.1 Å². The first-order valence-electron chi connectivity index (χ1n) is 6.25. The number of aromatic nitrogens is 3. The van der Waals surface area contributed by atoms with Crippen LogP contribution in [0.15, 0.2) is 24.3 Å². The summed E-state index contributed by atoms with van der Waals surface area (Å²) in [6.07, 6.45) is 0. The van der Waals surface area contributed by atoms with Gasteiger partial charge in [0.05, 0.1) is 11.6 Å². The van der Waals surface area contributed by atoms with Crippen LogP contribution in [-0.2, 0) is 6.54 Å². The van der Waals surface area contributed by atoms with E-state index in [2.05, 4.69) is 31.8 Å². The molecule has 0 aliphatic heterocycles. The van der Waals surface area contributed by atoms with E-state index in [1.54, 1.807) is 11.0 Å².